The van der Waals surface area contributed by atoms with E-state index in [9.17, 15) is 18.0 Å². The van der Waals surface area contributed by atoms with E-state index in [0.717, 1.165) is 5.56 Å². The standard InChI is InChI=1S/C22H22F3N5O3/c23-22(24,25)33-18-4-2-1-3-17(18)14-7-15-11-29(12-16(15)8-14)20(32)19-27-21-26-9-13(5-6-31)10-30(21)28-19/h1-4,9-10,14-16,31H,5-8,11-12H2/t14-,15-,16+. The van der Waals surface area contributed by atoms with Crippen LogP contribution in [0.25, 0.3) is 5.78 Å². The molecular formula is C22H22F3N5O3. The number of amides is 1. The van der Waals surface area contributed by atoms with Gasteiger partial charge in [-0.3, -0.25) is 4.79 Å². The fourth-order valence-electron chi connectivity index (χ4n) is 5.07. The molecule has 8 nitrogen and oxygen atoms in total. The van der Waals surface area contributed by atoms with Crippen LogP contribution in [0, 0.1) is 11.8 Å². The number of likely N-dealkylation sites (tertiary alicyclic amines) is 1. The first-order valence-electron chi connectivity index (χ1n) is 10.8. The summed E-state index contributed by atoms with van der Waals surface area (Å²) < 4.78 is 44.0. The molecule has 1 aliphatic carbocycles. The van der Waals surface area contributed by atoms with Crippen molar-refractivity contribution in [1.82, 2.24) is 24.5 Å². The molecule has 2 fully saturated rings. The van der Waals surface area contributed by atoms with Crippen molar-refractivity contribution in [1.29, 1.82) is 0 Å². The number of benzene rings is 1. The first-order valence-corrected chi connectivity index (χ1v) is 10.8. The summed E-state index contributed by atoms with van der Waals surface area (Å²) in [7, 11) is 0. The maximum absolute atomic E-state index is 13.0. The number of aliphatic hydroxyl groups is 1. The molecule has 2 aromatic heterocycles. The van der Waals surface area contributed by atoms with E-state index in [0.29, 0.717) is 43.7 Å². The Hall–Kier alpha value is -3.21. The smallest absolute Gasteiger partial charge is 0.405 e. The summed E-state index contributed by atoms with van der Waals surface area (Å²) >= 11 is 0. The minimum atomic E-state index is -4.73. The van der Waals surface area contributed by atoms with Gasteiger partial charge in [0.1, 0.15) is 5.75 Å². The lowest BCUT2D eigenvalue weighted by Gasteiger charge is -2.20. The van der Waals surface area contributed by atoms with E-state index in [1.54, 1.807) is 29.4 Å². The predicted octanol–water partition coefficient (Wildman–Crippen LogP) is 2.82. The number of halogens is 3. The molecule has 1 aromatic carbocycles. The number of rotatable bonds is 5. The van der Waals surface area contributed by atoms with E-state index < -0.39 is 6.36 Å². The van der Waals surface area contributed by atoms with Gasteiger partial charge in [0.2, 0.25) is 5.82 Å². The van der Waals surface area contributed by atoms with Crippen LogP contribution in [0.5, 0.6) is 5.75 Å². The molecular weight excluding hydrogens is 439 g/mol. The van der Waals surface area contributed by atoms with Crippen molar-refractivity contribution in [3.8, 4) is 5.75 Å². The Labute approximate surface area is 187 Å². The molecule has 33 heavy (non-hydrogen) atoms. The first-order chi connectivity index (χ1) is 15.8. The topological polar surface area (TPSA) is 92.8 Å². The second-order valence-electron chi connectivity index (χ2n) is 8.60. The summed E-state index contributed by atoms with van der Waals surface area (Å²) in [6.07, 6.45) is 0.360. The Balaban J connectivity index is 1.27. The van der Waals surface area contributed by atoms with Crippen LogP contribution >= 0.6 is 0 Å². The van der Waals surface area contributed by atoms with E-state index in [-0.39, 0.29) is 41.8 Å². The molecule has 0 unspecified atom stereocenters. The van der Waals surface area contributed by atoms with Gasteiger partial charge in [-0.15, -0.1) is 18.3 Å². The number of aliphatic hydroxyl groups excluding tert-OH is 1. The molecule has 1 N–H and O–H groups in total. The molecule has 11 heteroatoms. The van der Waals surface area contributed by atoms with Gasteiger partial charge in [-0.1, -0.05) is 18.2 Å². The lowest BCUT2D eigenvalue weighted by Crippen LogP contribution is -2.30. The predicted molar refractivity (Wildman–Crippen MR) is 110 cm³/mol. The monoisotopic (exact) mass is 461 g/mol. The number of aromatic nitrogens is 4. The number of ether oxygens (including phenoxy) is 1. The van der Waals surface area contributed by atoms with Crippen molar-refractivity contribution < 1.29 is 27.8 Å². The zero-order valence-electron chi connectivity index (χ0n) is 17.6. The Morgan fingerprint density at radius 2 is 1.91 bits per heavy atom. The van der Waals surface area contributed by atoms with Gasteiger partial charge in [0, 0.05) is 32.1 Å². The second kappa shape index (κ2) is 8.29. The summed E-state index contributed by atoms with van der Waals surface area (Å²) in [6, 6.07) is 6.29. The Kier molecular flexibility index (Phi) is 5.43. The van der Waals surface area contributed by atoms with E-state index in [4.69, 9.17) is 5.11 Å². The third-order valence-electron chi connectivity index (χ3n) is 6.46. The first kappa shape index (κ1) is 21.6. The molecule has 174 valence electrons. The largest absolute Gasteiger partial charge is 0.573 e. The highest BCUT2D eigenvalue weighted by Crippen LogP contribution is 2.48. The van der Waals surface area contributed by atoms with Crippen molar-refractivity contribution in [2.45, 2.75) is 31.5 Å². The van der Waals surface area contributed by atoms with Crippen molar-refractivity contribution in [2.75, 3.05) is 19.7 Å². The maximum atomic E-state index is 13.0. The Bertz CT molecular complexity index is 1170. The zero-order chi connectivity index (χ0) is 23.2. The number of hydrogen-bond donors (Lipinski definition) is 1. The van der Waals surface area contributed by atoms with Crippen LogP contribution in [0.1, 0.15) is 40.5 Å². The normalized spacial score (nSPS) is 22.7. The Morgan fingerprint density at radius 1 is 1.18 bits per heavy atom. The van der Waals surface area contributed by atoms with Crippen LogP contribution in [0.15, 0.2) is 36.7 Å². The van der Waals surface area contributed by atoms with Crippen LogP contribution in [0.2, 0.25) is 0 Å². The van der Waals surface area contributed by atoms with Gasteiger partial charge in [0.05, 0.1) is 0 Å². The minimum Gasteiger partial charge on any atom is -0.405 e. The zero-order valence-corrected chi connectivity index (χ0v) is 17.6. The van der Waals surface area contributed by atoms with Crippen molar-refractivity contribution in [2.24, 2.45) is 11.8 Å². The second-order valence-corrected chi connectivity index (χ2v) is 8.60. The number of fused-ring (bicyclic) bond motifs is 2. The highest BCUT2D eigenvalue weighted by Gasteiger charge is 2.44. The summed E-state index contributed by atoms with van der Waals surface area (Å²) in [5.74, 6) is 0.289. The average molecular weight is 461 g/mol. The minimum absolute atomic E-state index is 0.0158. The maximum Gasteiger partial charge on any atom is 0.573 e. The molecule has 3 atom stereocenters. The van der Waals surface area contributed by atoms with Crippen molar-refractivity contribution >= 4 is 11.7 Å². The SMILES string of the molecule is O=C(c1nc2ncc(CCO)cn2n1)N1C[C@H]2C[C@@H](c3ccccc3OC(F)(F)F)C[C@H]2C1. The van der Waals surface area contributed by atoms with Crippen molar-refractivity contribution in [3.05, 3.63) is 53.6 Å². The van der Waals surface area contributed by atoms with Gasteiger partial charge in [-0.05, 0) is 54.2 Å². The highest BCUT2D eigenvalue weighted by molar-refractivity contribution is 5.91. The number of carbonyl (C=O) groups excluding carboxylic acids is 1. The molecule has 1 saturated carbocycles. The van der Waals surface area contributed by atoms with E-state index in [2.05, 4.69) is 19.8 Å². The van der Waals surface area contributed by atoms with E-state index in [1.807, 2.05) is 0 Å². The van der Waals surface area contributed by atoms with E-state index >= 15 is 0 Å². The lowest BCUT2D eigenvalue weighted by atomic mass is 9.95. The molecule has 0 spiro atoms. The van der Waals surface area contributed by atoms with Crippen LogP contribution in [0.4, 0.5) is 13.2 Å². The number of alkyl halides is 3. The quantitative estimate of drug-likeness (QED) is 0.628. The van der Waals surface area contributed by atoms with Crippen LogP contribution in [-0.4, -0.2) is 61.6 Å². The number of carbonyl (C=O) groups is 1. The average Bonchev–Trinajstić information content (AvgIpc) is 3.45. The van der Waals surface area contributed by atoms with Gasteiger partial charge in [-0.25, -0.2) is 9.50 Å². The number of para-hydroxylation sites is 1. The van der Waals surface area contributed by atoms with Gasteiger partial charge < -0.3 is 14.7 Å². The van der Waals surface area contributed by atoms with Gasteiger partial charge in [0.25, 0.3) is 11.7 Å². The van der Waals surface area contributed by atoms with Crippen LogP contribution < -0.4 is 4.74 Å². The lowest BCUT2D eigenvalue weighted by molar-refractivity contribution is -0.275. The van der Waals surface area contributed by atoms with Gasteiger partial charge in [-0.2, -0.15) is 4.98 Å². The highest BCUT2D eigenvalue weighted by atomic mass is 19.4. The molecule has 3 heterocycles. The molecule has 2 aliphatic rings. The fraction of sp³-hybridized carbons (Fsp3) is 0.455. The molecule has 1 saturated heterocycles. The molecule has 0 radical (unpaired) electrons. The van der Waals surface area contributed by atoms with Gasteiger partial charge >= 0.3 is 6.36 Å². The number of nitrogens with zero attached hydrogens (tertiary/aromatic N) is 5. The molecule has 5 rings (SSSR count). The summed E-state index contributed by atoms with van der Waals surface area (Å²) in [4.78, 5) is 23.1. The summed E-state index contributed by atoms with van der Waals surface area (Å²) in [5, 5.41) is 13.3. The molecule has 0 bridgehead atoms. The molecule has 1 amide bonds. The molecule has 1 aliphatic heterocycles. The van der Waals surface area contributed by atoms with Gasteiger partial charge in [0.15, 0.2) is 0 Å². The van der Waals surface area contributed by atoms with E-state index in [1.165, 1.54) is 16.6 Å². The van der Waals surface area contributed by atoms with Crippen molar-refractivity contribution in [3.63, 3.8) is 0 Å². The number of hydrogen-bond acceptors (Lipinski definition) is 6. The summed E-state index contributed by atoms with van der Waals surface area (Å²) in [6.45, 7) is 1.01. The fourth-order valence-corrected chi connectivity index (χ4v) is 5.07. The summed E-state index contributed by atoms with van der Waals surface area (Å²) in [5.41, 5.74) is 1.35. The molecule has 3 aromatic rings. The third kappa shape index (κ3) is 4.37. The van der Waals surface area contributed by atoms with Crippen LogP contribution in [-0.2, 0) is 6.42 Å². The van der Waals surface area contributed by atoms with Crippen LogP contribution in [0.3, 0.4) is 0 Å². The Morgan fingerprint density at radius 3 is 2.61 bits per heavy atom. The third-order valence-corrected chi connectivity index (χ3v) is 6.46.